The first-order chi connectivity index (χ1) is 19.8. The van der Waals surface area contributed by atoms with Gasteiger partial charge in [-0.2, -0.15) is 4.52 Å². The summed E-state index contributed by atoms with van der Waals surface area (Å²) in [6.45, 7) is 12.9. The second-order valence-electron chi connectivity index (χ2n) is 9.18. The van der Waals surface area contributed by atoms with Gasteiger partial charge in [-0.05, 0) is 38.0 Å². The molecule has 4 heterocycles. The number of halogens is 2. The summed E-state index contributed by atoms with van der Waals surface area (Å²) in [4.78, 5) is 29.7. The molecule has 1 atom stereocenters. The number of aryl methyl sites for hydroxylation is 1. The van der Waals surface area contributed by atoms with E-state index in [0.717, 1.165) is 25.0 Å². The molecule has 0 bridgehead atoms. The predicted octanol–water partition coefficient (Wildman–Crippen LogP) is 4.91. The number of nitrogens with two attached hydrogens (primary N) is 1. The lowest BCUT2D eigenvalue weighted by molar-refractivity contribution is 0.0735. The Balaban J connectivity index is 0.00000111. The summed E-state index contributed by atoms with van der Waals surface area (Å²) < 4.78 is 34.6. The van der Waals surface area contributed by atoms with Crippen molar-refractivity contribution in [3.8, 4) is 0 Å². The molecule has 1 aliphatic rings. The summed E-state index contributed by atoms with van der Waals surface area (Å²) in [7, 11) is 1.77. The predicted molar refractivity (Wildman–Crippen MR) is 157 cm³/mol. The number of benzene rings is 1. The largest absolute Gasteiger partial charge is 0.378 e. The Hall–Kier alpha value is -3.93. The van der Waals surface area contributed by atoms with E-state index >= 15 is 0 Å². The molecule has 1 saturated heterocycles. The number of aromatic nitrogens is 5. The quantitative estimate of drug-likeness (QED) is 0.334. The average molecular weight is 571 g/mol. The Morgan fingerprint density at radius 2 is 1.83 bits per heavy atom. The van der Waals surface area contributed by atoms with Gasteiger partial charge in [-0.15, -0.1) is 5.10 Å². The van der Waals surface area contributed by atoms with Crippen molar-refractivity contribution in [2.24, 2.45) is 0 Å². The number of fused-ring (bicyclic) bond motifs is 3. The fourth-order valence-corrected chi connectivity index (χ4v) is 4.45. The molecule has 0 spiro atoms. The van der Waals surface area contributed by atoms with Crippen molar-refractivity contribution in [3.05, 3.63) is 53.5 Å². The Morgan fingerprint density at radius 1 is 1.12 bits per heavy atom. The molecule has 1 aliphatic heterocycles. The number of anilines is 2. The molecule has 1 aromatic carbocycles. The first-order valence-electron chi connectivity index (χ1n) is 14.2. The van der Waals surface area contributed by atoms with Gasteiger partial charge in [0.15, 0.2) is 17.3 Å². The topological polar surface area (TPSA) is 115 Å². The molecule has 2 N–H and O–H groups in total. The number of ether oxygens (including phenoxy) is 1. The number of hydrogen-bond donors (Lipinski definition) is 1. The van der Waals surface area contributed by atoms with Gasteiger partial charge in [-0.3, -0.25) is 4.79 Å². The zero-order valence-electron chi connectivity index (χ0n) is 24.7. The molecule has 41 heavy (non-hydrogen) atoms. The van der Waals surface area contributed by atoms with E-state index in [0.29, 0.717) is 43.9 Å². The van der Waals surface area contributed by atoms with Crippen LogP contribution < -0.4 is 10.6 Å². The van der Waals surface area contributed by atoms with Gasteiger partial charge in [-0.1, -0.05) is 27.7 Å². The Kier molecular flexibility index (Phi) is 11.3. The lowest BCUT2D eigenvalue weighted by Crippen LogP contribution is -2.37. The second kappa shape index (κ2) is 14.6. The van der Waals surface area contributed by atoms with Crippen molar-refractivity contribution in [2.75, 3.05) is 44.0 Å². The lowest BCUT2D eigenvalue weighted by Gasteiger charge is -2.28. The van der Waals surface area contributed by atoms with E-state index < -0.39 is 11.6 Å². The van der Waals surface area contributed by atoms with Crippen molar-refractivity contribution in [2.45, 2.75) is 59.9 Å². The number of carbonyl (C=O) groups is 1. The van der Waals surface area contributed by atoms with E-state index in [2.05, 4.69) is 25.0 Å². The highest BCUT2D eigenvalue weighted by Gasteiger charge is 2.20. The van der Waals surface area contributed by atoms with Crippen LogP contribution in [0.15, 0.2) is 30.5 Å². The van der Waals surface area contributed by atoms with Crippen molar-refractivity contribution in [1.82, 2.24) is 29.5 Å². The maximum atomic E-state index is 14.2. The van der Waals surface area contributed by atoms with Crippen LogP contribution in [0.3, 0.4) is 0 Å². The summed E-state index contributed by atoms with van der Waals surface area (Å²) in [5.41, 5.74) is 6.67. The molecule has 1 amide bonds. The van der Waals surface area contributed by atoms with Gasteiger partial charge in [0, 0.05) is 44.9 Å². The first-order valence-corrected chi connectivity index (χ1v) is 14.2. The highest BCUT2D eigenvalue weighted by atomic mass is 19.1. The van der Waals surface area contributed by atoms with Crippen molar-refractivity contribution >= 4 is 34.2 Å². The number of pyridine rings is 1. The van der Waals surface area contributed by atoms with Crippen LogP contribution in [0.1, 0.15) is 63.6 Å². The summed E-state index contributed by atoms with van der Waals surface area (Å²) >= 11 is 0. The van der Waals surface area contributed by atoms with Gasteiger partial charge >= 0.3 is 0 Å². The van der Waals surface area contributed by atoms with E-state index in [-0.39, 0.29) is 34.4 Å². The molecule has 5 rings (SSSR count). The maximum absolute atomic E-state index is 14.2. The maximum Gasteiger partial charge on any atom is 0.255 e. The number of amides is 1. The van der Waals surface area contributed by atoms with Crippen LogP contribution >= 0.6 is 0 Å². The molecule has 0 unspecified atom stereocenters. The summed E-state index contributed by atoms with van der Waals surface area (Å²) in [6.07, 6.45) is 3.51. The van der Waals surface area contributed by atoms with Crippen LogP contribution in [0.2, 0.25) is 0 Å². The van der Waals surface area contributed by atoms with E-state index in [1.807, 2.05) is 40.7 Å². The fraction of sp³-hybridized carbons (Fsp3) is 0.483. The Morgan fingerprint density at radius 3 is 2.49 bits per heavy atom. The minimum absolute atomic E-state index is 0.0290. The minimum Gasteiger partial charge on any atom is -0.378 e. The monoisotopic (exact) mass is 570 g/mol. The first kappa shape index (κ1) is 31.6. The van der Waals surface area contributed by atoms with Gasteiger partial charge < -0.3 is 20.3 Å². The van der Waals surface area contributed by atoms with Gasteiger partial charge in [0.2, 0.25) is 5.95 Å². The van der Waals surface area contributed by atoms with E-state index in [1.165, 1.54) is 10.6 Å². The number of morpholine rings is 1. The number of nitrogens with zero attached hydrogens (tertiary/aromatic N) is 7. The molecule has 0 saturated carbocycles. The van der Waals surface area contributed by atoms with E-state index in [1.54, 1.807) is 24.2 Å². The van der Waals surface area contributed by atoms with Crippen molar-refractivity contribution in [3.63, 3.8) is 0 Å². The molecular formula is C29H40F2N8O2. The summed E-state index contributed by atoms with van der Waals surface area (Å²) in [5.74, 6) is -0.344. The molecule has 0 radical (unpaired) electrons. The van der Waals surface area contributed by atoms with E-state index in [9.17, 15) is 13.6 Å². The van der Waals surface area contributed by atoms with Crippen LogP contribution in [0.4, 0.5) is 20.5 Å². The van der Waals surface area contributed by atoms with Gasteiger partial charge in [0.25, 0.3) is 5.91 Å². The van der Waals surface area contributed by atoms with Gasteiger partial charge in [0.05, 0.1) is 24.2 Å². The highest BCUT2D eigenvalue weighted by molar-refractivity contribution is 5.94. The Bertz CT molecular complexity index is 1440. The number of rotatable bonds is 7. The van der Waals surface area contributed by atoms with Crippen LogP contribution in [0.5, 0.6) is 0 Å². The third kappa shape index (κ3) is 7.24. The summed E-state index contributed by atoms with van der Waals surface area (Å²) in [5, 5.41) is 4.57. The van der Waals surface area contributed by atoms with Gasteiger partial charge in [-0.25, -0.2) is 23.7 Å². The van der Waals surface area contributed by atoms with Crippen LogP contribution in [-0.4, -0.2) is 74.8 Å². The van der Waals surface area contributed by atoms with Gasteiger partial charge in [0.1, 0.15) is 17.2 Å². The normalized spacial score (nSPS) is 13.7. The third-order valence-electron chi connectivity index (χ3n) is 6.70. The fourth-order valence-electron chi connectivity index (χ4n) is 4.45. The molecule has 0 aliphatic carbocycles. The highest BCUT2D eigenvalue weighted by Crippen LogP contribution is 2.24. The molecule has 1 fully saturated rings. The molecule has 3 aromatic heterocycles. The molecule has 10 nitrogen and oxygen atoms in total. The van der Waals surface area contributed by atoms with Crippen molar-refractivity contribution < 1.29 is 18.3 Å². The average Bonchev–Trinajstić information content (AvgIpc) is 3.45. The molecule has 222 valence electrons. The minimum atomic E-state index is -0.804. The number of carbonyl (C=O) groups excluding carboxylic acids is 1. The smallest absolute Gasteiger partial charge is 0.255 e. The zero-order valence-corrected chi connectivity index (χ0v) is 24.7. The molecular weight excluding hydrogens is 530 g/mol. The standard InChI is InChI=1S/C25H28F2N8O2.2C2H6/c1-15(33(2)24(36)16-6-7-21(29-14-16)34-8-10-37-11-9-34)4-3-5-20-30-23-18-12-17(26)13-19(27)22(18)31-25(28)35(23)32-20;2*1-2/h6-7,12-15H,3-5,8-11H2,1-2H3,(H2,28,31);2*1-2H3/t15-;;/m0../s1. The molecule has 4 aromatic rings. The Labute approximate surface area is 239 Å². The second-order valence-corrected chi connectivity index (χ2v) is 9.18. The SMILES string of the molecule is CC.CC.C[C@@H](CCCc1nc2c3cc(F)cc(F)c3nc(N)n2n1)N(C)C(=O)c1ccc(N2CCOCC2)nc1. The summed E-state index contributed by atoms with van der Waals surface area (Å²) in [6, 6.07) is 5.56. The zero-order chi connectivity index (χ0) is 30.1. The van der Waals surface area contributed by atoms with E-state index in [4.69, 9.17) is 10.5 Å². The van der Waals surface area contributed by atoms with Crippen LogP contribution in [-0.2, 0) is 11.2 Å². The van der Waals surface area contributed by atoms with Crippen LogP contribution in [0.25, 0.3) is 16.6 Å². The lowest BCUT2D eigenvalue weighted by atomic mass is 10.1. The van der Waals surface area contributed by atoms with Crippen LogP contribution in [0, 0.1) is 11.6 Å². The number of nitrogen functional groups attached to an aromatic ring is 1. The molecule has 12 heteroatoms. The number of hydrogen-bond acceptors (Lipinski definition) is 8. The van der Waals surface area contributed by atoms with Crippen molar-refractivity contribution in [1.29, 1.82) is 0 Å². The third-order valence-corrected chi connectivity index (χ3v) is 6.70.